The summed E-state index contributed by atoms with van der Waals surface area (Å²) in [4.78, 5) is 14.6. The Morgan fingerprint density at radius 2 is 2.16 bits per heavy atom. The first-order valence-corrected chi connectivity index (χ1v) is 7.03. The molecule has 2 atom stereocenters. The van der Waals surface area contributed by atoms with E-state index in [1.807, 2.05) is 36.9 Å². The minimum atomic E-state index is -0.0406. The van der Waals surface area contributed by atoms with E-state index in [-0.39, 0.29) is 18.6 Å². The quantitative estimate of drug-likeness (QED) is 0.888. The summed E-state index contributed by atoms with van der Waals surface area (Å²) in [5, 5.41) is 9.56. The molecule has 1 aromatic carbocycles. The number of aliphatic hydroxyl groups excluding tert-OH is 1. The van der Waals surface area contributed by atoms with Gasteiger partial charge in [0, 0.05) is 12.1 Å². The molecule has 2 rings (SSSR count). The number of aliphatic hydroxyl groups is 1. The molecule has 104 valence electrons. The van der Waals surface area contributed by atoms with Crippen molar-refractivity contribution in [1.29, 1.82) is 0 Å². The fourth-order valence-corrected chi connectivity index (χ4v) is 2.90. The molecule has 1 heterocycles. The predicted molar refractivity (Wildman–Crippen MR) is 76.2 cm³/mol. The van der Waals surface area contributed by atoms with Gasteiger partial charge in [-0.15, -0.1) is 0 Å². The maximum absolute atomic E-state index is 12.7. The van der Waals surface area contributed by atoms with Gasteiger partial charge >= 0.3 is 0 Å². The lowest BCUT2D eigenvalue weighted by Gasteiger charge is -2.39. The summed E-state index contributed by atoms with van der Waals surface area (Å²) in [6.45, 7) is 6.88. The van der Waals surface area contributed by atoms with Gasteiger partial charge < -0.3 is 10.0 Å². The van der Waals surface area contributed by atoms with Gasteiger partial charge in [-0.3, -0.25) is 4.79 Å². The van der Waals surface area contributed by atoms with Crippen LogP contribution in [0.3, 0.4) is 0 Å². The average Bonchev–Trinajstić information content (AvgIpc) is 2.40. The van der Waals surface area contributed by atoms with E-state index in [1.165, 1.54) is 0 Å². The summed E-state index contributed by atoms with van der Waals surface area (Å²) in [7, 11) is 0. The standard InChI is InChI=1S/C16H23NO2/c1-11-6-7-12(2)14(9-11)16(19)17-8-4-5-13(3)15(17)10-18/h6-7,9,13,15,18H,4-5,8,10H2,1-3H3/t13-,15+/m0/s1. The molecule has 0 unspecified atom stereocenters. The smallest absolute Gasteiger partial charge is 0.254 e. The molecule has 3 nitrogen and oxygen atoms in total. The van der Waals surface area contributed by atoms with Crippen molar-refractivity contribution in [2.75, 3.05) is 13.2 Å². The van der Waals surface area contributed by atoms with E-state index in [1.54, 1.807) is 0 Å². The van der Waals surface area contributed by atoms with Crippen molar-refractivity contribution < 1.29 is 9.90 Å². The van der Waals surface area contributed by atoms with E-state index in [9.17, 15) is 9.90 Å². The van der Waals surface area contributed by atoms with Crippen LogP contribution in [-0.2, 0) is 0 Å². The van der Waals surface area contributed by atoms with E-state index in [2.05, 4.69) is 6.92 Å². The van der Waals surface area contributed by atoms with Crippen molar-refractivity contribution in [2.45, 2.75) is 39.7 Å². The average molecular weight is 261 g/mol. The summed E-state index contributed by atoms with van der Waals surface area (Å²) in [5.41, 5.74) is 2.87. The molecule has 0 saturated carbocycles. The molecule has 1 aromatic rings. The third-order valence-corrected chi connectivity index (χ3v) is 4.19. The highest BCUT2D eigenvalue weighted by Gasteiger charge is 2.32. The van der Waals surface area contributed by atoms with Gasteiger partial charge in [0.05, 0.1) is 12.6 Å². The van der Waals surface area contributed by atoms with Crippen LogP contribution in [-0.4, -0.2) is 35.1 Å². The highest BCUT2D eigenvalue weighted by atomic mass is 16.3. The molecular formula is C16H23NO2. The van der Waals surface area contributed by atoms with Gasteiger partial charge in [-0.2, -0.15) is 0 Å². The molecular weight excluding hydrogens is 238 g/mol. The topological polar surface area (TPSA) is 40.5 Å². The Kier molecular flexibility index (Phi) is 4.25. The van der Waals surface area contributed by atoms with Crippen LogP contribution in [0.4, 0.5) is 0 Å². The lowest BCUT2D eigenvalue weighted by molar-refractivity contribution is 0.0357. The lowest BCUT2D eigenvalue weighted by Crippen LogP contribution is -2.49. The van der Waals surface area contributed by atoms with E-state index >= 15 is 0 Å². The summed E-state index contributed by atoms with van der Waals surface area (Å²) in [5.74, 6) is 0.430. The SMILES string of the molecule is Cc1ccc(C)c(C(=O)N2CCC[C@H](C)[C@H]2CO)c1. The summed E-state index contributed by atoms with van der Waals surface area (Å²) in [6, 6.07) is 5.92. The van der Waals surface area contributed by atoms with Crippen LogP contribution in [0.5, 0.6) is 0 Å². The van der Waals surface area contributed by atoms with E-state index in [0.29, 0.717) is 5.92 Å². The highest BCUT2D eigenvalue weighted by molar-refractivity contribution is 5.96. The number of piperidine rings is 1. The molecule has 1 saturated heterocycles. The van der Waals surface area contributed by atoms with Crippen LogP contribution in [0, 0.1) is 19.8 Å². The number of hydrogen-bond acceptors (Lipinski definition) is 2. The molecule has 1 amide bonds. The fourth-order valence-electron chi connectivity index (χ4n) is 2.90. The number of likely N-dealkylation sites (tertiary alicyclic amines) is 1. The fraction of sp³-hybridized carbons (Fsp3) is 0.562. The van der Waals surface area contributed by atoms with Crippen molar-refractivity contribution >= 4 is 5.91 Å². The summed E-state index contributed by atoms with van der Waals surface area (Å²) < 4.78 is 0. The number of amides is 1. The number of nitrogens with zero attached hydrogens (tertiary/aromatic N) is 1. The van der Waals surface area contributed by atoms with Gasteiger partial charge in [0.2, 0.25) is 0 Å². The predicted octanol–water partition coefficient (Wildman–Crippen LogP) is 2.54. The second-order valence-corrected chi connectivity index (χ2v) is 5.69. The second-order valence-electron chi connectivity index (χ2n) is 5.69. The molecule has 19 heavy (non-hydrogen) atoms. The first-order valence-electron chi connectivity index (χ1n) is 7.03. The minimum absolute atomic E-state index is 0.0406. The Morgan fingerprint density at radius 1 is 1.42 bits per heavy atom. The molecule has 0 bridgehead atoms. The van der Waals surface area contributed by atoms with Crippen molar-refractivity contribution in [2.24, 2.45) is 5.92 Å². The maximum Gasteiger partial charge on any atom is 0.254 e. The monoisotopic (exact) mass is 261 g/mol. The van der Waals surface area contributed by atoms with Crippen molar-refractivity contribution in [3.8, 4) is 0 Å². The Bertz CT molecular complexity index is 470. The Morgan fingerprint density at radius 3 is 2.84 bits per heavy atom. The Labute approximate surface area is 115 Å². The molecule has 0 radical (unpaired) electrons. The molecule has 0 aliphatic carbocycles. The highest BCUT2D eigenvalue weighted by Crippen LogP contribution is 2.25. The number of carbonyl (C=O) groups excluding carboxylic acids is 1. The van der Waals surface area contributed by atoms with Crippen LogP contribution in [0.1, 0.15) is 41.3 Å². The molecule has 1 fully saturated rings. The molecule has 3 heteroatoms. The Balaban J connectivity index is 2.29. The maximum atomic E-state index is 12.7. The van der Waals surface area contributed by atoms with Gasteiger partial charge in [-0.05, 0) is 44.2 Å². The molecule has 0 aromatic heterocycles. The van der Waals surface area contributed by atoms with Crippen molar-refractivity contribution in [3.05, 3.63) is 34.9 Å². The minimum Gasteiger partial charge on any atom is -0.394 e. The number of carbonyl (C=O) groups is 1. The third-order valence-electron chi connectivity index (χ3n) is 4.19. The van der Waals surface area contributed by atoms with E-state index < -0.39 is 0 Å². The van der Waals surface area contributed by atoms with Crippen molar-refractivity contribution in [3.63, 3.8) is 0 Å². The number of benzene rings is 1. The van der Waals surface area contributed by atoms with Crippen LogP contribution in [0.2, 0.25) is 0 Å². The van der Waals surface area contributed by atoms with Crippen LogP contribution in [0.15, 0.2) is 18.2 Å². The number of aryl methyl sites for hydroxylation is 2. The van der Waals surface area contributed by atoms with Gasteiger partial charge in [0.25, 0.3) is 5.91 Å². The number of hydrogen-bond donors (Lipinski definition) is 1. The van der Waals surface area contributed by atoms with E-state index in [0.717, 1.165) is 36.1 Å². The second kappa shape index (κ2) is 5.74. The third kappa shape index (κ3) is 2.81. The lowest BCUT2D eigenvalue weighted by atomic mass is 9.90. The molecule has 0 spiro atoms. The largest absolute Gasteiger partial charge is 0.394 e. The zero-order valence-electron chi connectivity index (χ0n) is 12.0. The van der Waals surface area contributed by atoms with E-state index in [4.69, 9.17) is 0 Å². The molecule has 1 aliphatic heterocycles. The molecule has 1 aliphatic rings. The Hall–Kier alpha value is -1.35. The van der Waals surface area contributed by atoms with Crippen LogP contribution >= 0.6 is 0 Å². The summed E-state index contributed by atoms with van der Waals surface area (Å²) in [6.07, 6.45) is 2.11. The zero-order chi connectivity index (χ0) is 14.0. The zero-order valence-corrected chi connectivity index (χ0v) is 12.0. The van der Waals surface area contributed by atoms with Gasteiger partial charge in [-0.25, -0.2) is 0 Å². The first kappa shape index (κ1) is 14.1. The van der Waals surface area contributed by atoms with Crippen LogP contribution < -0.4 is 0 Å². The van der Waals surface area contributed by atoms with Crippen LogP contribution in [0.25, 0.3) is 0 Å². The number of rotatable bonds is 2. The van der Waals surface area contributed by atoms with Gasteiger partial charge in [0.1, 0.15) is 0 Å². The normalized spacial score (nSPS) is 23.5. The summed E-state index contributed by atoms with van der Waals surface area (Å²) >= 11 is 0. The van der Waals surface area contributed by atoms with Gasteiger partial charge in [-0.1, -0.05) is 24.6 Å². The van der Waals surface area contributed by atoms with Crippen molar-refractivity contribution in [1.82, 2.24) is 4.90 Å². The van der Waals surface area contributed by atoms with Gasteiger partial charge in [0.15, 0.2) is 0 Å². The molecule has 1 N–H and O–H groups in total. The first-order chi connectivity index (χ1) is 9.04.